The maximum atomic E-state index is 5.51. The first kappa shape index (κ1) is 10.9. The van der Waals surface area contributed by atoms with Crippen LogP contribution in [0.25, 0.3) is 0 Å². The predicted octanol–water partition coefficient (Wildman–Crippen LogP) is 1.17. The van der Waals surface area contributed by atoms with Crippen LogP contribution in [0.2, 0.25) is 0 Å². The average Bonchev–Trinajstić information content (AvgIpc) is 2.27. The molecule has 0 aliphatic rings. The van der Waals surface area contributed by atoms with Crippen LogP contribution in [-0.2, 0) is 6.54 Å². The summed E-state index contributed by atoms with van der Waals surface area (Å²) in [6.45, 7) is 4.76. The molecule has 1 rings (SSSR count). The Hall–Kier alpha value is -1.16. The molecule has 1 aromatic rings. The Morgan fingerprint density at radius 1 is 1.50 bits per heavy atom. The highest BCUT2D eigenvalue weighted by molar-refractivity contribution is 5.36. The predicted molar refractivity (Wildman–Crippen MR) is 58.1 cm³/mol. The molecule has 0 fully saturated rings. The zero-order valence-electron chi connectivity index (χ0n) is 9.07. The monoisotopic (exact) mass is 194 g/mol. The van der Waals surface area contributed by atoms with Crippen LogP contribution in [0.5, 0.6) is 0 Å². The summed E-state index contributed by atoms with van der Waals surface area (Å²) in [4.78, 5) is 10.6. The van der Waals surface area contributed by atoms with Crippen molar-refractivity contribution >= 4 is 5.82 Å². The van der Waals surface area contributed by atoms with Gasteiger partial charge in [0.15, 0.2) is 0 Å². The van der Waals surface area contributed by atoms with E-state index in [0.29, 0.717) is 12.6 Å². The lowest BCUT2D eigenvalue weighted by atomic mass is 10.2. The average molecular weight is 194 g/mol. The number of aromatic nitrogens is 2. The number of anilines is 1. The molecule has 1 atom stereocenters. The zero-order chi connectivity index (χ0) is 10.6. The Bertz CT molecular complexity index is 287. The van der Waals surface area contributed by atoms with E-state index in [4.69, 9.17) is 5.73 Å². The van der Waals surface area contributed by atoms with Gasteiger partial charge in [-0.2, -0.15) is 0 Å². The SMILES string of the molecule is CCC(C)N(C)c1cncc(CN)n1. The standard InChI is InChI=1S/C10H18N4/c1-4-8(2)14(3)10-7-12-6-9(5-11)13-10/h6-8H,4-5,11H2,1-3H3. The van der Waals surface area contributed by atoms with Crippen LogP contribution in [0.1, 0.15) is 26.0 Å². The summed E-state index contributed by atoms with van der Waals surface area (Å²) in [5.74, 6) is 0.891. The van der Waals surface area contributed by atoms with Gasteiger partial charge in [-0.25, -0.2) is 4.98 Å². The van der Waals surface area contributed by atoms with Crippen LogP contribution >= 0.6 is 0 Å². The van der Waals surface area contributed by atoms with Crippen molar-refractivity contribution in [1.82, 2.24) is 9.97 Å². The summed E-state index contributed by atoms with van der Waals surface area (Å²) in [7, 11) is 2.03. The third kappa shape index (κ3) is 2.42. The minimum atomic E-state index is 0.440. The molecule has 0 aliphatic heterocycles. The largest absolute Gasteiger partial charge is 0.356 e. The van der Waals surface area contributed by atoms with Gasteiger partial charge in [-0.3, -0.25) is 4.98 Å². The molecule has 4 nitrogen and oxygen atoms in total. The van der Waals surface area contributed by atoms with Gasteiger partial charge < -0.3 is 10.6 Å². The van der Waals surface area contributed by atoms with Crippen molar-refractivity contribution in [2.24, 2.45) is 5.73 Å². The van der Waals surface area contributed by atoms with Crippen LogP contribution in [-0.4, -0.2) is 23.1 Å². The molecule has 0 amide bonds. The Labute approximate surface area is 85.2 Å². The van der Waals surface area contributed by atoms with E-state index in [1.165, 1.54) is 0 Å². The summed E-state index contributed by atoms with van der Waals surface area (Å²) in [5.41, 5.74) is 6.34. The summed E-state index contributed by atoms with van der Waals surface area (Å²) >= 11 is 0. The van der Waals surface area contributed by atoms with Crippen molar-refractivity contribution < 1.29 is 0 Å². The third-order valence-corrected chi connectivity index (χ3v) is 2.49. The smallest absolute Gasteiger partial charge is 0.147 e. The second-order valence-corrected chi connectivity index (χ2v) is 3.44. The van der Waals surface area contributed by atoms with Crippen molar-refractivity contribution in [3.05, 3.63) is 18.1 Å². The molecular formula is C10H18N4. The fourth-order valence-corrected chi connectivity index (χ4v) is 1.16. The lowest BCUT2D eigenvalue weighted by Gasteiger charge is -2.24. The van der Waals surface area contributed by atoms with Gasteiger partial charge in [0.1, 0.15) is 5.82 Å². The van der Waals surface area contributed by atoms with Crippen molar-refractivity contribution in [2.75, 3.05) is 11.9 Å². The second-order valence-electron chi connectivity index (χ2n) is 3.44. The van der Waals surface area contributed by atoms with Crippen LogP contribution in [0.15, 0.2) is 12.4 Å². The first-order valence-corrected chi connectivity index (χ1v) is 4.92. The van der Waals surface area contributed by atoms with E-state index in [1.807, 2.05) is 7.05 Å². The fraction of sp³-hybridized carbons (Fsp3) is 0.600. The van der Waals surface area contributed by atoms with Gasteiger partial charge >= 0.3 is 0 Å². The molecule has 1 aromatic heterocycles. The van der Waals surface area contributed by atoms with Gasteiger partial charge in [0.25, 0.3) is 0 Å². The minimum Gasteiger partial charge on any atom is -0.356 e. The van der Waals surface area contributed by atoms with Gasteiger partial charge in [0, 0.05) is 25.8 Å². The first-order valence-electron chi connectivity index (χ1n) is 4.92. The molecule has 14 heavy (non-hydrogen) atoms. The normalized spacial score (nSPS) is 12.6. The Balaban J connectivity index is 2.83. The third-order valence-electron chi connectivity index (χ3n) is 2.49. The molecule has 0 saturated heterocycles. The molecule has 0 radical (unpaired) electrons. The van der Waals surface area contributed by atoms with E-state index in [2.05, 4.69) is 28.7 Å². The maximum Gasteiger partial charge on any atom is 0.147 e. The summed E-state index contributed by atoms with van der Waals surface area (Å²) < 4.78 is 0. The second kappa shape index (κ2) is 4.91. The summed E-state index contributed by atoms with van der Waals surface area (Å²) in [6.07, 6.45) is 4.56. The first-order chi connectivity index (χ1) is 6.69. The Morgan fingerprint density at radius 3 is 2.79 bits per heavy atom. The minimum absolute atomic E-state index is 0.440. The highest BCUT2D eigenvalue weighted by Gasteiger charge is 2.09. The molecule has 0 bridgehead atoms. The van der Waals surface area contributed by atoms with Crippen LogP contribution in [0, 0.1) is 0 Å². The van der Waals surface area contributed by atoms with Crippen LogP contribution in [0.4, 0.5) is 5.82 Å². The molecule has 4 heteroatoms. The van der Waals surface area contributed by atoms with E-state index in [1.54, 1.807) is 12.4 Å². The van der Waals surface area contributed by atoms with Gasteiger partial charge in [0.2, 0.25) is 0 Å². The number of hydrogen-bond acceptors (Lipinski definition) is 4. The molecule has 0 aromatic carbocycles. The van der Waals surface area contributed by atoms with Crippen molar-refractivity contribution in [2.45, 2.75) is 32.9 Å². The van der Waals surface area contributed by atoms with Crippen molar-refractivity contribution in [3.63, 3.8) is 0 Å². The highest BCUT2D eigenvalue weighted by atomic mass is 15.2. The number of hydrogen-bond donors (Lipinski definition) is 1. The molecule has 1 unspecified atom stereocenters. The van der Waals surface area contributed by atoms with E-state index in [9.17, 15) is 0 Å². The summed E-state index contributed by atoms with van der Waals surface area (Å²) in [6, 6.07) is 0.470. The summed E-state index contributed by atoms with van der Waals surface area (Å²) in [5, 5.41) is 0. The zero-order valence-corrected chi connectivity index (χ0v) is 9.07. The maximum absolute atomic E-state index is 5.51. The molecule has 78 valence electrons. The van der Waals surface area contributed by atoms with E-state index >= 15 is 0 Å². The topological polar surface area (TPSA) is 55.0 Å². The number of nitrogens with zero attached hydrogens (tertiary/aromatic N) is 3. The highest BCUT2D eigenvalue weighted by Crippen LogP contribution is 2.12. The van der Waals surface area contributed by atoms with E-state index in [0.717, 1.165) is 17.9 Å². The Kier molecular flexibility index (Phi) is 3.83. The van der Waals surface area contributed by atoms with Gasteiger partial charge in [0.05, 0.1) is 11.9 Å². The molecule has 0 spiro atoms. The van der Waals surface area contributed by atoms with Gasteiger partial charge in [-0.15, -0.1) is 0 Å². The molecule has 1 heterocycles. The van der Waals surface area contributed by atoms with E-state index in [-0.39, 0.29) is 0 Å². The Morgan fingerprint density at radius 2 is 2.21 bits per heavy atom. The molecule has 2 N–H and O–H groups in total. The van der Waals surface area contributed by atoms with Crippen molar-refractivity contribution in [1.29, 1.82) is 0 Å². The number of nitrogens with two attached hydrogens (primary N) is 1. The van der Waals surface area contributed by atoms with Gasteiger partial charge in [-0.1, -0.05) is 6.92 Å². The molecule has 0 saturated carbocycles. The van der Waals surface area contributed by atoms with Crippen molar-refractivity contribution in [3.8, 4) is 0 Å². The molecule has 0 aliphatic carbocycles. The quantitative estimate of drug-likeness (QED) is 0.781. The fourth-order valence-electron chi connectivity index (χ4n) is 1.16. The van der Waals surface area contributed by atoms with Gasteiger partial charge in [-0.05, 0) is 13.3 Å². The van der Waals surface area contributed by atoms with Crippen LogP contribution in [0.3, 0.4) is 0 Å². The van der Waals surface area contributed by atoms with E-state index < -0.39 is 0 Å². The lowest BCUT2D eigenvalue weighted by molar-refractivity contribution is 0.653. The van der Waals surface area contributed by atoms with Crippen LogP contribution < -0.4 is 10.6 Å². The molecular weight excluding hydrogens is 176 g/mol. The lowest BCUT2D eigenvalue weighted by Crippen LogP contribution is -2.29. The number of rotatable bonds is 4.